The van der Waals surface area contributed by atoms with Gasteiger partial charge in [0.05, 0.1) is 0 Å². The molecule has 13 heavy (non-hydrogen) atoms. The van der Waals surface area contributed by atoms with Gasteiger partial charge in [0.2, 0.25) is 5.69 Å². The van der Waals surface area contributed by atoms with Crippen LogP contribution < -0.4 is 0 Å². The molecule has 0 amide bonds. The third-order valence-corrected chi connectivity index (χ3v) is 1.64. The first kappa shape index (κ1) is 7.50. The lowest BCUT2D eigenvalue weighted by Gasteiger charge is -1.91. The van der Waals surface area contributed by atoms with Crippen molar-refractivity contribution in [1.82, 2.24) is 10.3 Å². The molecular formula is C9H5N3O. The summed E-state index contributed by atoms with van der Waals surface area (Å²) in [7, 11) is 0. The van der Waals surface area contributed by atoms with Crippen LogP contribution in [0.25, 0.3) is 11.3 Å². The van der Waals surface area contributed by atoms with E-state index < -0.39 is 0 Å². The predicted molar refractivity (Wildman–Crippen MR) is 44.4 cm³/mol. The Morgan fingerprint density at radius 2 is 1.92 bits per heavy atom. The maximum absolute atomic E-state index is 8.66. The van der Waals surface area contributed by atoms with Gasteiger partial charge in [0.15, 0.2) is 5.69 Å². The monoisotopic (exact) mass is 171 g/mol. The molecule has 4 heteroatoms. The van der Waals surface area contributed by atoms with Crippen molar-refractivity contribution in [2.24, 2.45) is 0 Å². The second-order valence-electron chi connectivity index (χ2n) is 2.44. The molecule has 0 fully saturated rings. The summed E-state index contributed by atoms with van der Waals surface area (Å²) in [6.07, 6.45) is 0. The first-order chi connectivity index (χ1) is 6.42. The number of hydrogen-bond donors (Lipinski definition) is 0. The summed E-state index contributed by atoms with van der Waals surface area (Å²) in [6, 6.07) is 11.2. The van der Waals surface area contributed by atoms with Crippen LogP contribution in [0.3, 0.4) is 0 Å². The molecule has 0 bridgehead atoms. The van der Waals surface area contributed by atoms with Gasteiger partial charge >= 0.3 is 0 Å². The molecule has 2 aromatic rings. The highest BCUT2D eigenvalue weighted by atomic mass is 16.6. The second kappa shape index (κ2) is 3.07. The highest BCUT2D eigenvalue weighted by Crippen LogP contribution is 2.18. The first-order valence-electron chi connectivity index (χ1n) is 3.70. The molecule has 2 rings (SSSR count). The molecule has 4 nitrogen and oxygen atoms in total. The normalized spacial score (nSPS) is 9.46. The fourth-order valence-corrected chi connectivity index (χ4v) is 1.05. The number of aromatic nitrogens is 2. The zero-order chi connectivity index (χ0) is 9.10. The van der Waals surface area contributed by atoms with E-state index >= 15 is 0 Å². The Balaban J connectivity index is 2.54. The smallest absolute Gasteiger partial charge is 0.212 e. The van der Waals surface area contributed by atoms with Gasteiger partial charge in [0.1, 0.15) is 6.07 Å². The number of nitrogens with zero attached hydrogens (tertiary/aromatic N) is 3. The van der Waals surface area contributed by atoms with Crippen molar-refractivity contribution in [3.63, 3.8) is 0 Å². The molecule has 0 spiro atoms. The fourth-order valence-electron chi connectivity index (χ4n) is 1.05. The van der Waals surface area contributed by atoms with E-state index in [1.165, 1.54) is 0 Å². The summed E-state index contributed by atoms with van der Waals surface area (Å²) >= 11 is 0. The van der Waals surface area contributed by atoms with Crippen LogP contribution in [-0.4, -0.2) is 10.3 Å². The van der Waals surface area contributed by atoms with E-state index in [4.69, 9.17) is 5.26 Å². The van der Waals surface area contributed by atoms with Crippen molar-refractivity contribution in [3.8, 4) is 17.3 Å². The standard InChI is InChI=1S/C9H5N3O/c10-6-8-9(12-13-11-8)7-4-2-1-3-5-7/h1-5H. The summed E-state index contributed by atoms with van der Waals surface area (Å²) in [6.45, 7) is 0. The lowest BCUT2D eigenvalue weighted by Crippen LogP contribution is -1.80. The molecule has 1 heterocycles. The SMILES string of the molecule is N#Cc1nonc1-c1ccccc1. The molecule has 0 atom stereocenters. The van der Waals surface area contributed by atoms with Crippen LogP contribution in [0.5, 0.6) is 0 Å². The molecule has 0 saturated carbocycles. The van der Waals surface area contributed by atoms with Gasteiger partial charge in [-0.1, -0.05) is 30.3 Å². The largest absolute Gasteiger partial charge is 0.243 e. The van der Waals surface area contributed by atoms with Crippen molar-refractivity contribution < 1.29 is 4.63 Å². The second-order valence-corrected chi connectivity index (χ2v) is 2.44. The van der Waals surface area contributed by atoms with Crippen LogP contribution >= 0.6 is 0 Å². The molecule has 0 aliphatic carbocycles. The van der Waals surface area contributed by atoms with Gasteiger partial charge in [-0.3, -0.25) is 0 Å². The average molecular weight is 171 g/mol. The summed E-state index contributed by atoms with van der Waals surface area (Å²) in [5.74, 6) is 0. The van der Waals surface area contributed by atoms with Gasteiger partial charge < -0.3 is 0 Å². The van der Waals surface area contributed by atoms with Crippen LogP contribution in [0.4, 0.5) is 0 Å². The zero-order valence-electron chi connectivity index (χ0n) is 6.64. The van der Waals surface area contributed by atoms with E-state index in [1.54, 1.807) is 0 Å². The van der Waals surface area contributed by atoms with E-state index in [9.17, 15) is 0 Å². The Morgan fingerprint density at radius 1 is 1.15 bits per heavy atom. The summed E-state index contributed by atoms with van der Waals surface area (Å²) < 4.78 is 4.47. The molecule has 0 saturated heterocycles. The van der Waals surface area contributed by atoms with Crippen LogP contribution in [0, 0.1) is 11.3 Å². The Kier molecular flexibility index (Phi) is 1.77. The Labute approximate surface area is 74.4 Å². The maximum Gasteiger partial charge on any atom is 0.212 e. The van der Waals surface area contributed by atoms with E-state index in [2.05, 4.69) is 14.9 Å². The van der Waals surface area contributed by atoms with Crippen LogP contribution in [0.15, 0.2) is 35.0 Å². The summed E-state index contributed by atoms with van der Waals surface area (Å²) in [5.41, 5.74) is 1.54. The lowest BCUT2D eigenvalue weighted by molar-refractivity contribution is 0.307. The molecular weight excluding hydrogens is 166 g/mol. The van der Waals surface area contributed by atoms with Gasteiger partial charge in [0.25, 0.3) is 0 Å². The Hall–Kier alpha value is -2.15. The Morgan fingerprint density at radius 3 is 2.62 bits per heavy atom. The van der Waals surface area contributed by atoms with Crippen molar-refractivity contribution in [3.05, 3.63) is 36.0 Å². The highest BCUT2D eigenvalue weighted by Gasteiger charge is 2.10. The van der Waals surface area contributed by atoms with Gasteiger partial charge in [-0.15, -0.1) is 0 Å². The zero-order valence-corrected chi connectivity index (χ0v) is 6.64. The maximum atomic E-state index is 8.66. The number of nitriles is 1. The summed E-state index contributed by atoms with van der Waals surface area (Å²) in [4.78, 5) is 0. The van der Waals surface area contributed by atoms with Crippen molar-refractivity contribution >= 4 is 0 Å². The molecule has 62 valence electrons. The third-order valence-electron chi connectivity index (χ3n) is 1.64. The minimum absolute atomic E-state index is 0.214. The van der Waals surface area contributed by atoms with Crippen LogP contribution in [0.2, 0.25) is 0 Å². The molecule has 0 aliphatic heterocycles. The predicted octanol–water partition coefficient (Wildman–Crippen LogP) is 1.61. The number of rotatable bonds is 1. The van der Waals surface area contributed by atoms with Crippen LogP contribution in [-0.2, 0) is 0 Å². The fraction of sp³-hybridized carbons (Fsp3) is 0. The molecule has 1 aromatic carbocycles. The minimum atomic E-state index is 0.214. The van der Waals surface area contributed by atoms with Crippen molar-refractivity contribution in [2.75, 3.05) is 0 Å². The van der Waals surface area contributed by atoms with E-state index in [0.29, 0.717) is 5.69 Å². The van der Waals surface area contributed by atoms with Gasteiger partial charge in [-0.25, -0.2) is 4.63 Å². The topological polar surface area (TPSA) is 62.7 Å². The number of hydrogen-bond acceptors (Lipinski definition) is 4. The lowest BCUT2D eigenvalue weighted by atomic mass is 10.1. The van der Waals surface area contributed by atoms with Gasteiger partial charge in [0, 0.05) is 5.56 Å². The van der Waals surface area contributed by atoms with Crippen LogP contribution in [0.1, 0.15) is 5.69 Å². The van der Waals surface area contributed by atoms with E-state index in [-0.39, 0.29) is 5.69 Å². The molecule has 0 N–H and O–H groups in total. The Bertz CT molecular complexity index is 441. The molecule has 0 unspecified atom stereocenters. The van der Waals surface area contributed by atoms with Gasteiger partial charge in [-0.05, 0) is 10.3 Å². The highest BCUT2D eigenvalue weighted by molar-refractivity contribution is 5.63. The third kappa shape index (κ3) is 1.27. The molecule has 1 aromatic heterocycles. The minimum Gasteiger partial charge on any atom is -0.243 e. The summed E-state index contributed by atoms with van der Waals surface area (Å²) in [5, 5.41) is 15.8. The average Bonchev–Trinajstić information content (AvgIpc) is 2.67. The van der Waals surface area contributed by atoms with E-state index in [0.717, 1.165) is 5.56 Å². The first-order valence-corrected chi connectivity index (χ1v) is 3.70. The van der Waals surface area contributed by atoms with Gasteiger partial charge in [-0.2, -0.15) is 5.26 Å². The van der Waals surface area contributed by atoms with Crippen molar-refractivity contribution in [2.45, 2.75) is 0 Å². The quantitative estimate of drug-likeness (QED) is 0.653. The number of benzene rings is 1. The molecule has 0 aliphatic rings. The molecule has 0 radical (unpaired) electrons. The van der Waals surface area contributed by atoms with E-state index in [1.807, 2.05) is 36.4 Å². The van der Waals surface area contributed by atoms with Crippen molar-refractivity contribution in [1.29, 1.82) is 5.26 Å².